The van der Waals surface area contributed by atoms with Crippen molar-refractivity contribution in [2.75, 3.05) is 19.6 Å². The molecule has 6 fully saturated rings. The third-order valence-electron chi connectivity index (χ3n) is 22.8. The average Bonchev–Trinajstić information content (AvgIpc) is 1.68. The van der Waals surface area contributed by atoms with Crippen molar-refractivity contribution in [3.8, 4) is 36.4 Å². The largest absolute Gasteiger partial charge is 0.297 e. The first-order valence-corrected chi connectivity index (χ1v) is 55.9. The van der Waals surface area contributed by atoms with Crippen molar-refractivity contribution in [2.24, 2.45) is 107 Å². The minimum atomic E-state index is 0. The topological polar surface area (TPSA) is 152 Å². The summed E-state index contributed by atoms with van der Waals surface area (Å²) >= 11 is 0. The van der Waals surface area contributed by atoms with Crippen LogP contribution in [0.2, 0.25) is 0 Å². The van der Waals surface area contributed by atoms with Crippen molar-refractivity contribution >= 4 is 0 Å². The summed E-state index contributed by atoms with van der Waals surface area (Å²) in [5, 5.41) is 43.9. The highest BCUT2D eigenvalue weighted by atomic mass is 15.2. The van der Waals surface area contributed by atoms with Crippen LogP contribution >= 0.6 is 0 Å². The van der Waals surface area contributed by atoms with Crippen molar-refractivity contribution in [2.45, 2.75) is 709 Å². The molecule has 3 aliphatic heterocycles. The summed E-state index contributed by atoms with van der Waals surface area (Å²) in [5.74, 6) is 16.8. The van der Waals surface area contributed by atoms with Gasteiger partial charge in [0.25, 0.3) is 0 Å². The van der Waals surface area contributed by atoms with Crippen LogP contribution in [0.3, 0.4) is 0 Å². The predicted octanol–water partition coefficient (Wildman–Crippen LogP) is 52.6. The van der Waals surface area contributed by atoms with Gasteiger partial charge in [-0.25, -0.2) is 0 Å². The number of hydrogen-bond acceptors (Lipinski definition) is 9. The smallest absolute Gasteiger partial charge is 0.0587 e. The Kier molecular flexibility index (Phi) is 441. The first-order chi connectivity index (χ1) is 61.7. The molecular formula is C136H329N9. The minimum Gasteiger partial charge on any atom is -0.297 e. The second kappa shape index (κ2) is 241. The van der Waals surface area contributed by atoms with E-state index in [1.54, 1.807) is 36.4 Å². The number of piperidine rings is 3. The Morgan fingerprint density at radius 2 is 0.276 bits per heavy atom. The lowest BCUT2D eigenvalue weighted by atomic mass is 9.81. The highest BCUT2D eigenvalue weighted by Crippen LogP contribution is 2.42. The molecule has 0 spiro atoms. The summed E-state index contributed by atoms with van der Waals surface area (Å²) in [7, 11) is 0. The molecule has 0 bridgehead atoms. The molecule has 0 aromatic heterocycles. The molecule has 7 rings (SSSR count). The molecule has 145 heavy (non-hydrogen) atoms. The Morgan fingerprint density at radius 1 is 0.193 bits per heavy atom. The lowest BCUT2D eigenvalue weighted by Gasteiger charge is -2.46. The predicted molar refractivity (Wildman–Crippen MR) is 718 cm³/mol. The molecule has 1 aromatic rings. The molecule has 6 aliphatic rings. The quantitative estimate of drug-likeness (QED) is 0.271. The van der Waals surface area contributed by atoms with Crippen molar-refractivity contribution in [3.63, 3.8) is 0 Å². The van der Waals surface area contributed by atoms with Gasteiger partial charge < -0.3 is 0 Å². The molecule has 0 unspecified atom stereocenters. The fraction of sp³-hybridized carbons (Fsp3) is 0.912. The zero-order valence-electron chi connectivity index (χ0n) is 105. The van der Waals surface area contributed by atoms with E-state index in [0.717, 1.165) is 143 Å². The van der Waals surface area contributed by atoms with E-state index in [1.165, 1.54) is 144 Å². The number of benzene rings is 1. The summed E-state index contributed by atoms with van der Waals surface area (Å²) in [4.78, 5) is 8.08. The van der Waals surface area contributed by atoms with Gasteiger partial charge in [-0.3, -0.25) is 14.7 Å². The van der Waals surface area contributed by atoms with Gasteiger partial charge in [0.15, 0.2) is 0 Å². The lowest BCUT2D eigenvalue weighted by molar-refractivity contribution is 0.0281. The second-order valence-electron chi connectivity index (χ2n) is 31.6. The van der Waals surface area contributed by atoms with Crippen LogP contribution in [0, 0.1) is 181 Å². The number of hydrogen-bond donors (Lipinski definition) is 0. The molecule has 0 N–H and O–H groups in total. The number of nitrogens with zero attached hydrogens (tertiary/aromatic N) is 9. The number of nitriles is 6. The maximum absolute atomic E-state index is 7.32. The van der Waals surface area contributed by atoms with Crippen LogP contribution in [0.4, 0.5) is 0 Å². The maximum atomic E-state index is 7.32. The van der Waals surface area contributed by atoms with Gasteiger partial charge in [0.05, 0.1) is 36.4 Å². The maximum Gasteiger partial charge on any atom is 0.0587 e. The van der Waals surface area contributed by atoms with Gasteiger partial charge in [-0.05, 0) is 232 Å². The van der Waals surface area contributed by atoms with E-state index >= 15 is 0 Å². The molecule has 3 saturated carbocycles. The molecule has 3 saturated heterocycles. The van der Waals surface area contributed by atoms with E-state index in [9.17, 15) is 0 Å². The van der Waals surface area contributed by atoms with Gasteiger partial charge in [-0.15, -0.1) is 0 Å². The normalized spacial score (nSPS) is 22.8. The molecule has 1 aromatic carbocycles. The summed E-state index contributed by atoms with van der Waals surface area (Å²) in [5.41, 5.74) is 1.32. The molecule has 3 aliphatic carbocycles. The van der Waals surface area contributed by atoms with E-state index in [-0.39, 0.29) is 111 Å². The third-order valence-corrected chi connectivity index (χ3v) is 22.8. The van der Waals surface area contributed by atoms with Crippen molar-refractivity contribution < 1.29 is 0 Å². The van der Waals surface area contributed by atoms with E-state index < -0.39 is 0 Å². The highest BCUT2D eigenvalue weighted by molar-refractivity contribution is 5.11. The monoisotopic (exact) mass is 2090 g/mol. The summed E-state index contributed by atoms with van der Waals surface area (Å²) in [6, 6.07) is 25.5. The Balaban J connectivity index is -0.0000000222. The van der Waals surface area contributed by atoms with E-state index in [4.69, 9.17) is 31.6 Å². The highest BCUT2D eigenvalue weighted by Gasteiger charge is 2.37. The Morgan fingerprint density at radius 3 is 0.331 bits per heavy atom. The zero-order valence-corrected chi connectivity index (χ0v) is 105. The molecule has 0 radical (unpaired) electrons. The van der Waals surface area contributed by atoms with Crippen LogP contribution in [-0.4, -0.2) is 70.6 Å². The fourth-order valence-corrected chi connectivity index (χ4v) is 14.7. The third kappa shape index (κ3) is 182. The molecule has 9 heteroatoms. The molecule has 918 valence electrons. The van der Waals surface area contributed by atoms with Crippen LogP contribution in [0.15, 0.2) is 30.3 Å². The minimum absolute atomic E-state index is 0. The van der Waals surface area contributed by atoms with Gasteiger partial charge >= 0.3 is 0 Å². The van der Waals surface area contributed by atoms with Crippen LogP contribution in [-0.2, 0) is 0 Å². The number of aryl methyl sites for hydroxylation is 1. The Labute approximate surface area is 948 Å². The van der Waals surface area contributed by atoms with Gasteiger partial charge in [0.2, 0.25) is 0 Å². The van der Waals surface area contributed by atoms with E-state index in [1.807, 2.05) is 226 Å². The van der Waals surface area contributed by atoms with Crippen LogP contribution in [0.5, 0.6) is 0 Å². The summed E-state index contributed by atoms with van der Waals surface area (Å²) in [6.07, 6.45) is 16.2. The van der Waals surface area contributed by atoms with Gasteiger partial charge in [0, 0.05) is 77.8 Å². The summed E-state index contributed by atoms with van der Waals surface area (Å²) in [6.45, 7) is 151. The van der Waals surface area contributed by atoms with Crippen LogP contribution in [0.25, 0.3) is 0 Å². The standard InChI is InChI=1S/3C12H25N.3C9H18.C7H8.3C3H8.6C2H3N.15C2H6.15CH4/c3*1-6-7-13-11(4)9(2)8-10(3)12(13)5;3*1-6-5-7(2)9(4)8(6)3;1-7-5-3-2-4-6-7;3*1-3-2;6*1-2-3;15*1-2;;;;;;;;;;;;;;;/h3*9-12H,6-8H2,1-5H3;3*6-9H,5H2,1-4H3;2-6H,1H3;3*3H2,1-2H3;6*1H3;15*1-2H3;15*1H4/t3*9-,10+,11-,12+;3*6-,7+,8-,9+;;;;;;;;;;;;;;;;;;;;;;;;;;;;;;;;;;;;;;;;. The molecule has 0 amide bonds. The molecule has 24 atom stereocenters. The van der Waals surface area contributed by atoms with E-state index in [0.29, 0.717) is 0 Å². The SMILES string of the molecule is C.C.C.C.C.C.C.C.C.C.C.C.C.C.C.CC.CC.CC.CC.CC.CC.CC.CC.CC.CC.CC.CC.CC.CC.CC.CC#N.CC#N.CC#N.CC#N.CC#N.CC#N.CCC.CCC.CCC.CCCN1[C@H](C)[C@H](C)C[C@H](C)[C@@H]1C.CCCN1[C@H](C)[C@H](C)C[C@H](C)[C@@H]1C.CCCN1[C@H](C)[C@H](C)C[C@H](C)[C@@H]1C.C[C@@H]1[C@H](C)[C@H](C)C[C@@H]1C.C[C@@H]1[C@H](C)[C@H](C)C[C@@H]1C.C[C@@H]1[C@H](C)[C@H](C)C[C@@H]1C.Cc1ccccc1. The summed E-state index contributed by atoms with van der Waals surface area (Å²) < 4.78 is 0. The van der Waals surface area contributed by atoms with Gasteiger partial charge in [0.1, 0.15) is 0 Å². The van der Waals surface area contributed by atoms with Gasteiger partial charge in [-0.2, -0.15) is 31.6 Å². The van der Waals surface area contributed by atoms with Gasteiger partial charge in [-0.1, -0.05) is 561 Å². The van der Waals surface area contributed by atoms with Crippen molar-refractivity contribution in [1.82, 2.24) is 14.7 Å². The van der Waals surface area contributed by atoms with Crippen molar-refractivity contribution in [3.05, 3.63) is 35.9 Å². The van der Waals surface area contributed by atoms with Crippen molar-refractivity contribution in [1.29, 1.82) is 31.6 Å². The molecule has 3 heterocycles. The first-order valence-electron chi connectivity index (χ1n) is 55.9. The molecular weight excluding hydrogens is 1760 g/mol. The van der Waals surface area contributed by atoms with E-state index in [2.05, 4.69) is 262 Å². The number of likely N-dealkylation sites (tertiary alicyclic amines) is 3. The number of rotatable bonds is 6. The van der Waals surface area contributed by atoms with Crippen LogP contribution < -0.4 is 0 Å². The first kappa shape index (κ1) is 266. The Bertz CT molecular complexity index is 1820. The fourth-order valence-electron chi connectivity index (χ4n) is 14.7. The Hall–Kier alpha value is -3.96. The molecule has 9 nitrogen and oxygen atoms in total. The lowest BCUT2D eigenvalue weighted by Crippen LogP contribution is -2.51. The second-order valence-corrected chi connectivity index (χ2v) is 31.6. The average molecular weight is 2090 g/mol. The zero-order chi connectivity index (χ0) is 111. The van der Waals surface area contributed by atoms with Crippen LogP contribution in [0.1, 0.15) is 672 Å².